The Morgan fingerprint density at radius 2 is 2.50 bits per heavy atom. The normalized spacial score (nSPS) is 9.12. The largest absolute Gasteiger partial charge is 0.282 e. The minimum atomic E-state index is -0.161. The van der Waals surface area contributed by atoms with Crippen LogP contribution in [0.2, 0.25) is 0 Å². The maximum Gasteiger partial charge on any atom is 0.217 e. The lowest BCUT2D eigenvalue weighted by Crippen LogP contribution is -1.80. The van der Waals surface area contributed by atoms with Crippen molar-refractivity contribution in [3.63, 3.8) is 0 Å². The van der Waals surface area contributed by atoms with Crippen LogP contribution >= 0.6 is 24.0 Å². The molecule has 0 N–H and O–H groups in total. The van der Waals surface area contributed by atoms with Gasteiger partial charge in [0.05, 0.1) is 0 Å². The molecule has 1 rings (SSSR count). The highest BCUT2D eigenvalue weighted by Gasteiger charge is 1.96. The summed E-state index contributed by atoms with van der Waals surface area (Å²) in [6, 6.07) is 1.75. The Kier molecular flexibility index (Phi) is 1.70. The van der Waals surface area contributed by atoms with Gasteiger partial charge < -0.3 is 0 Å². The number of thiol groups is 1. The van der Waals surface area contributed by atoms with Gasteiger partial charge in [0.15, 0.2) is 0 Å². The van der Waals surface area contributed by atoms with Crippen molar-refractivity contribution in [2.75, 3.05) is 0 Å². The molecule has 0 saturated carbocycles. The average Bonchev–Trinajstić information content (AvgIpc) is 2.12. The Hall–Kier alpha value is -0.280. The molecule has 0 aliphatic rings. The standard InChI is InChI=1S/C5H4OS2/c6-5(7)4-1-2-8-3-4/h1-3H,(H,6,7). The molecule has 0 aliphatic carbocycles. The molecule has 0 amide bonds. The Bertz CT molecular complexity index is 178. The van der Waals surface area contributed by atoms with Crippen molar-refractivity contribution in [2.45, 2.75) is 0 Å². The van der Waals surface area contributed by atoms with Gasteiger partial charge in [-0.1, -0.05) is 0 Å². The van der Waals surface area contributed by atoms with Crippen LogP contribution in [0.3, 0.4) is 0 Å². The fourth-order valence-corrected chi connectivity index (χ4v) is 1.25. The van der Waals surface area contributed by atoms with Crippen molar-refractivity contribution < 1.29 is 4.79 Å². The Morgan fingerprint density at radius 3 is 2.75 bits per heavy atom. The van der Waals surface area contributed by atoms with Crippen molar-refractivity contribution in [3.8, 4) is 0 Å². The molecule has 1 heterocycles. The topological polar surface area (TPSA) is 17.1 Å². The summed E-state index contributed by atoms with van der Waals surface area (Å²) in [5.74, 6) is 0. The van der Waals surface area contributed by atoms with E-state index >= 15 is 0 Å². The molecule has 0 spiro atoms. The summed E-state index contributed by atoms with van der Waals surface area (Å²) in [5.41, 5.74) is 0.679. The van der Waals surface area contributed by atoms with Crippen LogP contribution in [-0.2, 0) is 0 Å². The van der Waals surface area contributed by atoms with Gasteiger partial charge >= 0.3 is 0 Å². The Morgan fingerprint density at radius 1 is 1.75 bits per heavy atom. The fourth-order valence-electron chi connectivity index (χ4n) is 0.386. The summed E-state index contributed by atoms with van der Waals surface area (Å²) >= 11 is 5.12. The van der Waals surface area contributed by atoms with Crippen LogP contribution in [0.15, 0.2) is 16.8 Å². The molecule has 1 nitrogen and oxygen atoms in total. The maximum absolute atomic E-state index is 10.4. The smallest absolute Gasteiger partial charge is 0.217 e. The van der Waals surface area contributed by atoms with E-state index < -0.39 is 0 Å². The van der Waals surface area contributed by atoms with Gasteiger partial charge in [0.25, 0.3) is 0 Å². The lowest BCUT2D eigenvalue weighted by atomic mass is 10.4. The molecule has 1 aromatic rings. The monoisotopic (exact) mass is 144 g/mol. The van der Waals surface area contributed by atoms with Crippen LogP contribution < -0.4 is 0 Å². The van der Waals surface area contributed by atoms with E-state index in [1.54, 1.807) is 11.4 Å². The first kappa shape index (κ1) is 5.85. The van der Waals surface area contributed by atoms with Gasteiger partial charge in [0, 0.05) is 10.9 Å². The second-order valence-corrected chi connectivity index (χ2v) is 2.50. The molecule has 0 fully saturated rings. The highest BCUT2D eigenvalue weighted by molar-refractivity contribution is 7.97. The summed E-state index contributed by atoms with van der Waals surface area (Å²) in [5, 5.41) is 3.46. The number of hydrogen-bond donors (Lipinski definition) is 1. The Labute approximate surface area is 56.8 Å². The third kappa shape index (κ3) is 1.11. The summed E-state index contributed by atoms with van der Waals surface area (Å²) in [6.07, 6.45) is 0. The number of thiophene rings is 1. The van der Waals surface area contributed by atoms with Crippen molar-refractivity contribution in [2.24, 2.45) is 0 Å². The van der Waals surface area contributed by atoms with Crippen molar-refractivity contribution in [1.29, 1.82) is 0 Å². The van der Waals surface area contributed by atoms with Crippen molar-refractivity contribution in [1.82, 2.24) is 0 Å². The highest BCUT2D eigenvalue weighted by atomic mass is 32.1. The lowest BCUT2D eigenvalue weighted by molar-refractivity contribution is 0.109. The van der Waals surface area contributed by atoms with Gasteiger partial charge in [0.2, 0.25) is 5.12 Å². The number of rotatable bonds is 1. The number of carbonyl (C=O) groups is 1. The van der Waals surface area contributed by atoms with Gasteiger partial charge in [-0.15, -0.1) is 12.6 Å². The number of carbonyl (C=O) groups excluding carboxylic acids is 1. The first-order valence-electron chi connectivity index (χ1n) is 2.06. The van der Waals surface area contributed by atoms with E-state index in [0.717, 1.165) is 0 Å². The van der Waals surface area contributed by atoms with Crippen LogP contribution in [0.4, 0.5) is 0 Å². The van der Waals surface area contributed by atoms with E-state index in [0.29, 0.717) is 5.56 Å². The quantitative estimate of drug-likeness (QED) is 0.595. The molecule has 42 valence electrons. The maximum atomic E-state index is 10.4. The zero-order valence-electron chi connectivity index (χ0n) is 4.00. The summed E-state index contributed by atoms with van der Waals surface area (Å²) in [7, 11) is 0. The zero-order chi connectivity index (χ0) is 5.98. The number of hydrogen-bond acceptors (Lipinski definition) is 2. The van der Waals surface area contributed by atoms with Gasteiger partial charge in [-0.25, -0.2) is 0 Å². The minimum absolute atomic E-state index is 0.161. The lowest BCUT2D eigenvalue weighted by Gasteiger charge is -1.78. The summed E-state index contributed by atoms with van der Waals surface area (Å²) < 4.78 is 0. The molecule has 8 heavy (non-hydrogen) atoms. The highest BCUT2D eigenvalue weighted by Crippen LogP contribution is 2.07. The van der Waals surface area contributed by atoms with E-state index in [2.05, 4.69) is 12.6 Å². The van der Waals surface area contributed by atoms with E-state index in [1.165, 1.54) is 11.3 Å². The molecule has 0 unspecified atom stereocenters. The van der Waals surface area contributed by atoms with Crippen molar-refractivity contribution in [3.05, 3.63) is 22.4 Å². The molecule has 0 bridgehead atoms. The van der Waals surface area contributed by atoms with Crippen LogP contribution in [0, 0.1) is 0 Å². The molecular formula is C5H4OS2. The predicted molar refractivity (Wildman–Crippen MR) is 37.6 cm³/mol. The first-order chi connectivity index (χ1) is 3.80. The summed E-state index contributed by atoms with van der Waals surface area (Å²) in [6.45, 7) is 0. The van der Waals surface area contributed by atoms with Crippen molar-refractivity contribution >= 4 is 29.1 Å². The van der Waals surface area contributed by atoms with E-state index in [1.807, 2.05) is 5.38 Å². The molecule has 0 radical (unpaired) electrons. The second kappa shape index (κ2) is 2.33. The molecule has 0 saturated heterocycles. The minimum Gasteiger partial charge on any atom is -0.282 e. The summed E-state index contributed by atoms with van der Waals surface area (Å²) in [4.78, 5) is 10.4. The molecule has 1 aromatic heterocycles. The molecule has 0 aromatic carbocycles. The molecule has 0 aliphatic heterocycles. The van der Waals surface area contributed by atoms with E-state index in [4.69, 9.17) is 0 Å². The van der Waals surface area contributed by atoms with E-state index in [-0.39, 0.29) is 5.12 Å². The third-order valence-corrected chi connectivity index (χ3v) is 1.71. The molecule has 0 atom stereocenters. The average molecular weight is 144 g/mol. The van der Waals surface area contributed by atoms with Gasteiger partial charge in [0.1, 0.15) is 0 Å². The molecular weight excluding hydrogens is 140 g/mol. The van der Waals surface area contributed by atoms with Crippen LogP contribution in [0.5, 0.6) is 0 Å². The van der Waals surface area contributed by atoms with Crippen LogP contribution in [-0.4, -0.2) is 5.12 Å². The second-order valence-electron chi connectivity index (χ2n) is 1.32. The van der Waals surface area contributed by atoms with Crippen LogP contribution in [0.1, 0.15) is 10.4 Å². The predicted octanol–water partition coefficient (Wildman–Crippen LogP) is 1.82. The SMILES string of the molecule is O=C(S)c1ccsc1. The third-order valence-electron chi connectivity index (χ3n) is 0.768. The fraction of sp³-hybridized carbons (Fsp3) is 0. The Balaban J connectivity index is 2.93. The van der Waals surface area contributed by atoms with Crippen LogP contribution in [0.25, 0.3) is 0 Å². The van der Waals surface area contributed by atoms with Gasteiger partial charge in [-0.05, 0) is 11.4 Å². The van der Waals surface area contributed by atoms with E-state index in [9.17, 15) is 4.79 Å². The molecule has 3 heteroatoms. The first-order valence-corrected chi connectivity index (χ1v) is 3.45. The van der Waals surface area contributed by atoms with Gasteiger partial charge in [-0.3, -0.25) is 4.79 Å². The zero-order valence-corrected chi connectivity index (χ0v) is 5.71. The van der Waals surface area contributed by atoms with Gasteiger partial charge in [-0.2, -0.15) is 11.3 Å².